The number of imidazole rings is 1. The van der Waals surface area contributed by atoms with E-state index in [9.17, 15) is 14.9 Å². The number of H-pyrrole nitrogens is 1. The largest absolute Gasteiger partial charge is 0.481 e. The Morgan fingerprint density at radius 2 is 2.30 bits per heavy atom. The molecule has 0 aliphatic carbocycles. The Labute approximate surface area is 118 Å². The van der Waals surface area contributed by atoms with E-state index in [0.717, 1.165) is 17.5 Å². The fraction of sp³-hybridized carbons (Fsp3) is 0.167. The summed E-state index contributed by atoms with van der Waals surface area (Å²) < 4.78 is 0. The fourth-order valence-corrected chi connectivity index (χ4v) is 2.32. The molecule has 0 atom stereocenters. The van der Waals surface area contributed by atoms with E-state index in [2.05, 4.69) is 9.97 Å². The number of aromatic nitrogens is 2. The summed E-state index contributed by atoms with van der Waals surface area (Å²) in [5, 5.41) is 19.9. The van der Waals surface area contributed by atoms with Gasteiger partial charge in [-0.3, -0.25) is 14.9 Å². The van der Waals surface area contributed by atoms with Crippen molar-refractivity contribution < 1.29 is 14.8 Å². The van der Waals surface area contributed by atoms with Crippen LogP contribution >= 0.6 is 11.8 Å². The van der Waals surface area contributed by atoms with Gasteiger partial charge in [-0.1, -0.05) is 23.9 Å². The first-order valence-electron chi connectivity index (χ1n) is 5.63. The number of aliphatic carboxylic acids is 1. The number of carboxylic acids is 1. The van der Waals surface area contributed by atoms with E-state index in [1.807, 2.05) is 0 Å². The molecule has 0 saturated carbocycles. The lowest BCUT2D eigenvalue weighted by Gasteiger charge is -1.98. The van der Waals surface area contributed by atoms with Gasteiger partial charge in [-0.2, -0.15) is 0 Å². The minimum Gasteiger partial charge on any atom is -0.481 e. The second-order valence-electron chi connectivity index (χ2n) is 4.01. The van der Waals surface area contributed by atoms with Crippen molar-refractivity contribution in [2.75, 3.05) is 5.75 Å². The highest BCUT2D eigenvalue weighted by Gasteiger charge is 2.13. The smallest absolute Gasteiger partial charge is 0.313 e. The molecule has 2 aromatic rings. The molecule has 0 radical (unpaired) electrons. The molecular formula is C12H11N3O4S. The van der Waals surface area contributed by atoms with Crippen LogP contribution in [0.2, 0.25) is 0 Å². The first-order valence-corrected chi connectivity index (χ1v) is 6.62. The van der Waals surface area contributed by atoms with Crippen LogP contribution in [0.3, 0.4) is 0 Å². The van der Waals surface area contributed by atoms with Crippen LogP contribution in [0.25, 0.3) is 11.3 Å². The van der Waals surface area contributed by atoms with Crippen LogP contribution in [0.15, 0.2) is 29.4 Å². The predicted octanol–water partition coefficient (Wildman–Crippen LogP) is 2.47. The second-order valence-corrected chi connectivity index (χ2v) is 4.97. The molecule has 1 heterocycles. The summed E-state index contributed by atoms with van der Waals surface area (Å²) in [6, 6.07) is 6.16. The zero-order valence-electron chi connectivity index (χ0n) is 10.5. The lowest BCUT2D eigenvalue weighted by Crippen LogP contribution is -1.97. The molecule has 2 N–H and O–H groups in total. The Bertz CT molecular complexity index is 668. The van der Waals surface area contributed by atoms with E-state index in [4.69, 9.17) is 5.11 Å². The Kier molecular flexibility index (Phi) is 4.04. The molecule has 1 aromatic carbocycles. The van der Waals surface area contributed by atoms with Crippen molar-refractivity contribution in [2.45, 2.75) is 12.1 Å². The molecule has 0 saturated heterocycles. The number of hydrogen-bond donors (Lipinski definition) is 2. The number of nitro benzene ring substituents is 1. The lowest BCUT2D eigenvalue weighted by molar-refractivity contribution is -0.384. The van der Waals surface area contributed by atoms with Gasteiger partial charge in [0.15, 0.2) is 5.16 Å². The van der Waals surface area contributed by atoms with E-state index in [-0.39, 0.29) is 11.4 Å². The SMILES string of the molecule is Cc1[nH]c(SCC(=O)O)nc1-c1cccc([N+](=O)[O-])c1. The highest BCUT2D eigenvalue weighted by Crippen LogP contribution is 2.27. The Balaban J connectivity index is 2.30. The van der Waals surface area contributed by atoms with Gasteiger partial charge in [-0.25, -0.2) is 4.98 Å². The third-order valence-corrected chi connectivity index (χ3v) is 3.38. The van der Waals surface area contributed by atoms with Crippen molar-refractivity contribution in [3.8, 4) is 11.3 Å². The number of nitrogens with zero attached hydrogens (tertiary/aromatic N) is 2. The third kappa shape index (κ3) is 3.15. The van der Waals surface area contributed by atoms with E-state index in [1.165, 1.54) is 12.1 Å². The number of non-ortho nitro benzene ring substituents is 1. The minimum absolute atomic E-state index is 0.00959. The van der Waals surface area contributed by atoms with Crippen LogP contribution < -0.4 is 0 Å². The molecule has 20 heavy (non-hydrogen) atoms. The first kappa shape index (κ1) is 14.1. The molecule has 8 heteroatoms. The number of hydrogen-bond acceptors (Lipinski definition) is 5. The predicted molar refractivity (Wildman–Crippen MR) is 73.8 cm³/mol. The van der Waals surface area contributed by atoms with Crippen molar-refractivity contribution in [3.63, 3.8) is 0 Å². The zero-order valence-corrected chi connectivity index (χ0v) is 11.3. The number of nitro groups is 1. The lowest BCUT2D eigenvalue weighted by atomic mass is 10.1. The molecule has 0 amide bonds. The van der Waals surface area contributed by atoms with Gasteiger partial charge in [-0.05, 0) is 6.92 Å². The van der Waals surface area contributed by atoms with Crippen molar-refractivity contribution in [2.24, 2.45) is 0 Å². The Hall–Kier alpha value is -2.35. The molecule has 7 nitrogen and oxygen atoms in total. The van der Waals surface area contributed by atoms with Gasteiger partial charge in [0.25, 0.3) is 5.69 Å². The molecule has 0 unspecified atom stereocenters. The van der Waals surface area contributed by atoms with Crippen LogP contribution in [-0.4, -0.2) is 31.7 Å². The third-order valence-electron chi connectivity index (χ3n) is 2.53. The summed E-state index contributed by atoms with van der Waals surface area (Å²) in [6.45, 7) is 1.78. The van der Waals surface area contributed by atoms with Crippen LogP contribution in [0, 0.1) is 17.0 Å². The van der Waals surface area contributed by atoms with Crippen LogP contribution in [0.1, 0.15) is 5.69 Å². The number of nitrogens with one attached hydrogen (secondary N) is 1. The summed E-state index contributed by atoms with van der Waals surface area (Å²) in [7, 11) is 0. The maximum Gasteiger partial charge on any atom is 0.313 e. The van der Waals surface area contributed by atoms with E-state index in [1.54, 1.807) is 19.1 Å². The van der Waals surface area contributed by atoms with Gasteiger partial charge in [0.1, 0.15) is 0 Å². The highest BCUT2D eigenvalue weighted by atomic mass is 32.2. The standard InChI is InChI=1S/C12H11N3O4S/c1-7-11(14-12(13-7)20-6-10(16)17)8-3-2-4-9(5-8)15(18)19/h2-5H,6H2,1H3,(H,13,14)(H,16,17). The van der Waals surface area contributed by atoms with Crippen molar-refractivity contribution >= 4 is 23.4 Å². The number of carboxylic acid groups (broad SMARTS) is 1. The minimum atomic E-state index is -0.930. The topological polar surface area (TPSA) is 109 Å². The molecule has 0 aliphatic rings. The molecule has 0 bridgehead atoms. The number of benzene rings is 1. The zero-order chi connectivity index (χ0) is 14.7. The molecule has 104 valence electrons. The number of aryl methyl sites for hydroxylation is 1. The summed E-state index contributed by atoms with van der Waals surface area (Å²) in [4.78, 5) is 28.0. The molecule has 0 spiro atoms. The van der Waals surface area contributed by atoms with Gasteiger partial charge in [-0.15, -0.1) is 0 Å². The number of thioether (sulfide) groups is 1. The summed E-state index contributed by atoms with van der Waals surface area (Å²) >= 11 is 1.07. The highest BCUT2D eigenvalue weighted by molar-refractivity contribution is 7.99. The van der Waals surface area contributed by atoms with Gasteiger partial charge >= 0.3 is 5.97 Å². The maximum absolute atomic E-state index is 10.8. The molecule has 0 aliphatic heterocycles. The van der Waals surface area contributed by atoms with E-state index < -0.39 is 10.9 Å². The summed E-state index contributed by atoms with van der Waals surface area (Å²) in [5.41, 5.74) is 1.93. The van der Waals surface area contributed by atoms with Gasteiger partial charge in [0.2, 0.25) is 0 Å². The fourth-order valence-electron chi connectivity index (χ4n) is 1.68. The maximum atomic E-state index is 10.8. The summed E-state index contributed by atoms with van der Waals surface area (Å²) in [6.07, 6.45) is 0. The van der Waals surface area contributed by atoms with Crippen LogP contribution in [-0.2, 0) is 4.79 Å². The van der Waals surface area contributed by atoms with Crippen molar-refractivity contribution in [1.29, 1.82) is 0 Å². The van der Waals surface area contributed by atoms with Crippen LogP contribution in [0.4, 0.5) is 5.69 Å². The number of rotatable bonds is 5. The Morgan fingerprint density at radius 3 is 2.95 bits per heavy atom. The molecular weight excluding hydrogens is 282 g/mol. The van der Waals surface area contributed by atoms with Crippen LogP contribution in [0.5, 0.6) is 0 Å². The first-order chi connectivity index (χ1) is 9.47. The van der Waals surface area contributed by atoms with E-state index in [0.29, 0.717) is 16.4 Å². The normalized spacial score (nSPS) is 10.4. The second kappa shape index (κ2) is 5.74. The molecule has 0 fully saturated rings. The van der Waals surface area contributed by atoms with Crippen molar-refractivity contribution in [3.05, 3.63) is 40.1 Å². The van der Waals surface area contributed by atoms with Gasteiger partial charge in [0, 0.05) is 23.4 Å². The van der Waals surface area contributed by atoms with Crippen molar-refractivity contribution in [1.82, 2.24) is 9.97 Å². The number of carbonyl (C=O) groups is 1. The summed E-state index contributed by atoms with van der Waals surface area (Å²) in [5.74, 6) is -1.03. The van der Waals surface area contributed by atoms with Gasteiger partial charge in [0.05, 0.1) is 16.4 Å². The monoisotopic (exact) mass is 293 g/mol. The molecule has 1 aromatic heterocycles. The van der Waals surface area contributed by atoms with E-state index >= 15 is 0 Å². The Morgan fingerprint density at radius 1 is 1.55 bits per heavy atom. The quantitative estimate of drug-likeness (QED) is 0.498. The average Bonchev–Trinajstić information content (AvgIpc) is 2.78. The average molecular weight is 293 g/mol. The molecule has 2 rings (SSSR count). The number of aromatic amines is 1. The van der Waals surface area contributed by atoms with Gasteiger partial charge < -0.3 is 10.1 Å².